The lowest BCUT2D eigenvalue weighted by Gasteiger charge is -2.06. The summed E-state index contributed by atoms with van der Waals surface area (Å²) in [6.45, 7) is 3.77. The highest BCUT2D eigenvalue weighted by atomic mass is 16.5. The molecule has 0 spiro atoms. The number of ketones is 1. The van der Waals surface area contributed by atoms with E-state index in [1.165, 1.54) is 0 Å². The van der Waals surface area contributed by atoms with Crippen molar-refractivity contribution < 1.29 is 14.3 Å². The number of aryl methyl sites for hydroxylation is 2. The molecule has 1 amide bonds. The van der Waals surface area contributed by atoms with E-state index in [2.05, 4.69) is 10.4 Å². The highest BCUT2D eigenvalue weighted by Gasteiger charge is 2.23. The molecule has 1 aromatic carbocycles. The number of hydrogen-bond donors (Lipinski definition) is 1. The molecule has 0 bridgehead atoms. The van der Waals surface area contributed by atoms with Crippen molar-refractivity contribution >= 4 is 11.7 Å². The van der Waals surface area contributed by atoms with E-state index in [1.54, 1.807) is 44.8 Å². The zero-order valence-corrected chi connectivity index (χ0v) is 13.1. The first kappa shape index (κ1) is 15.8. The summed E-state index contributed by atoms with van der Waals surface area (Å²) in [5, 5.41) is 6.79. The van der Waals surface area contributed by atoms with E-state index in [0.717, 1.165) is 11.3 Å². The van der Waals surface area contributed by atoms with Crippen LogP contribution in [0.3, 0.4) is 0 Å². The third-order valence-electron chi connectivity index (χ3n) is 3.55. The van der Waals surface area contributed by atoms with Gasteiger partial charge in [0.15, 0.2) is 0 Å². The van der Waals surface area contributed by atoms with Gasteiger partial charge in [-0.2, -0.15) is 5.10 Å². The maximum Gasteiger partial charge on any atom is 0.292 e. The summed E-state index contributed by atoms with van der Waals surface area (Å²) in [6, 6.07) is 7.28. The van der Waals surface area contributed by atoms with Gasteiger partial charge in [-0.05, 0) is 31.5 Å². The molecule has 6 heteroatoms. The van der Waals surface area contributed by atoms with E-state index in [-0.39, 0.29) is 6.54 Å². The standard InChI is InChI=1S/C16H19N3O3/c1-10-14(11(2)19(3)18-10)15(20)16(21)17-9-12-5-7-13(22-4)8-6-12/h5-8H,9H2,1-4H3,(H,17,21). The Labute approximate surface area is 129 Å². The lowest BCUT2D eigenvalue weighted by atomic mass is 10.1. The molecular formula is C16H19N3O3. The van der Waals surface area contributed by atoms with Crippen LogP contribution in [-0.2, 0) is 18.4 Å². The number of Topliss-reactive ketones (excluding diaryl/α,β-unsaturated/α-hetero) is 1. The average Bonchev–Trinajstić information content (AvgIpc) is 2.77. The lowest BCUT2D eigenvalue weighted by Crippen LogP contribution is -2.31. The second-order valence-electron chi connectivity index (χ2n) is 5.03. The molecule has 6 nitrogen and oxygen atoms in total. The van der Waals surface area contributed by atoms with E-state index in [4.69, 9.17) is 4.74 Å². The minimum Gasteiger partial charge on any atom is -0.497 e. The van der Waals surface area contributed by atoms with Crippen molar-refractivity contribution in [3.8, 4) is 5.75 Å². The zero-order valence-electron chi connectivity index (χ0n) is 13.1. The first-order valence-corrected chi connectivity index (χ1v) is 6.89. The largest absolute Gasteiger partial charge is 0.497 e. The fraction of sp³-hybridized carbons (Fsp3) is 0.312. The van der Waals surface area contributed by atoms with E-state index >= 15 is 0 Å². The van der Waals surface area contributed by atoms with Crippen LogP contribution in [0, 0.1) is 13.8 Å². The molecule has 22 heavy (non-hydrogen) atoms. The Kier molecular flexibility index (Phi) is 4.60. The molecule has 2 rings (SSSR count). The third kappa shape index (κ3) is 3.16. The number of nitrogens with zero attached hydrogens (tertiary/aromatic N) is 2. The van der Waals surface area contributed by atoms with Crippen molar-refractivity contribution in [1.29, 1.82) is 0 Å². The third-order valence-corrected chi connectivity index (χ3v) is 3.55. The molecule has 0 aliphatic carbocycles. The van der Waals surface area contributed by atoms with Crippen LogP contribution >= 0.6 is 0 Å². The molecule has 0 aliphatic heterocycles. The molecule has 1 heterocycles. The summed E-state index contributed by atoms with van der Waals surface area (Å²) in [5.41, 5.74) is 2.50. The van der Waals surface area contributed by atoms with Crippen molar-refractivity contribution in [2.75, 3.05) is 7.11 Å². The van der Waals surface area contributed by atoms with Gasteiger partial charge in [-0.15, -0.1) is 0 Å². The summed E-state index contributed by atoms with van der Waals surface area (Å²) in [5.74, 6) is -0.445. The van der Waals surface area contributed by atoms with Crippen molar-refractivity contribution in [2.24, 2.45) is 7.05 Å². The fourth-order valence-corrected chi connectivity index (χ4v) is 2.22. The summed E-state index contributed by atoms with van der Waals surface area (Å²) in [4.78, 5) is 24.3. The van der Waals surface area contributed by atoms with Crippen LogP contribution in [0.15, 0.2) is 24.3 Å². The molecular weight excluding hydrogens is 282 g/mol. The fourth-order valence-electron chi connectivity index (χ4n) is 2.22. The van der Waals surface area contributed by atoms with Crippen LogP contribution in [0.4, 0.5) is 0 Å². The predicted molar refractivity (Wildman–Crippen MR) is 81.9 cm³/mol. The van der Waals surface area contributed by atoms with E-state index in [0.29, 0.717) is 17.0 Å². The Bertz CT molecular complexity index is 702. The van der Waals surface area contributed by atoms with Crippen molar-refractivity contribution in [3.63, 3.8) is 0 Å². The smallest absolute Gasteiger partial charge is 0.292 e. The van der Waals surface area contributed by atoms with Gasteiger partial charge in [0.05, 0.1) is 18.4 Å². The Hall–Kier alpha value is -2.63. The van der Waals surface area contributed by atoms with Gasteiger partial charge in [-0.25, -0.2) is 0 Å². The van der Waals surface area contributed by atoms with Crippen LogP contribution in [0.5, 0.6) is 5.75 Å². The highest BCUT2D eigenvalue weighted by molar-refractivity contribution is 6.43. The molecule has 0 fully saturated rings. The van der Waals surface area contributed by atoms with Crippen molar-refractivity contribution in [2.45, 2.75) is 20.4 Å². The molecule has 0 aliphatic rings. The number of carbonyl (C=O) groups is 2. The molecule has 1 N–H and O–H groups in total. The lowest BCUT2D eigenvalue weighted by molar-refractivity contribution is -0.117. The van der Waals surface area contributed by atoms with Gasteiger partial charge in [-0.1, -0.05) is 12.1 Å². The van der Waals surface area contributed by atoms with Gasteiger partial charge in [0.2, 0.25) is 0 Å². The summed E-state index contributed by atoms with van der Waals surface area (Å²) < 4.78 is 6.67. The summed E-state index contributed by atoms with van der Waals surface area (Å²) in [6.07, 6.45) is 0. The first-order chi connectivity index (χ1) is 10.4. The Morgan fingerprint density at radius 1 is 1.23 bits per heavy atom. The normalized spacial score (nSPS) is 10.4. The predicted octanol–water partition coefficient (Wildman–Crippen LogP) is 1.54. The minimum absolute atomic E-state index is 0.285. The van der Waals surface area contributed by atoms with Gasteiger partial charge in [0, 0.05) is 19.3 Å². The molecule has 116 valence electrons. The number of carbonyl (C=O) groups excluding carboxylic acids is 2. The van der Waals surface area contributed by atoms with Gasteiger partial charge < -0.3 is 10.1 Å². The molecule has 0 unspecified atom stereocenters. The van der Waals surface area contributed by atoms with Crippen LogP contribution < -0.4 is 10.1 Å². The number of methoxy groups -OCH3 is 1. The second-order valence-corrected chi connectivity index (χ2v) is 5.03. The Morgan fingerprint density at radius 3 is 2.36 bits per heavy atom. The number of benzene rings is 1. The summed E-state index contributed by atoms with van der Waals surface area (Å²) in [7, 11) is 3.34. The molecule has 0 saturated carbocycles. The number of rotatable bonds is 5. The van der Waals surface area contributed by atoms with E-state index in [9.17, 15) is 9.59 Å². The topological polar surface area (TPSA) is 73.2 Å². The van der Waals surface area contributed by atoms with Gasteiger partial charge in [0.25, 0.3) is 11.7 Å². The Balaban J connectivity index is 2.03. The molecule has 1 aromatic heterocycles. The van der Waals surface area contributed by atoms with Gasteiger partial charge in [-0.3, -0.25) is 14.3 Å². The van der Waals surface area contributed by atoms with Crippen molar-refractivity contribution in [1.82, 2.24) is 15.1 Å². The molecule has 0 atom stereocenters. The van der Waals surface area contributed by atoms with E-state index in [1.807, 2.05) is 12.1 Å². The van der Waals surface area contributed by atoms with Crippen LogP contribution in [0.1, 0.15) is 27.3 Å². The number of ether oxygens (including phenoxy) is 1. The maximum absolute atomic E-state index is 12.2. The zero-order chi connectivity index (χ0) is 16.3. The van der Waals surface area contributed by atoms with Crippen molar-refractivity contribution in [3.05, 3.63) is 46.8 Å². The number of aromatic nitrogens is 2. The van der Waals surface area contributed by atoms with Crippen LogP contribution in [-0.4, -0.2) is 28.6 Å². The maximum atomic E-state index is 12.2. The second kappa shape index (κ2) is 6.43. The quantitative estimate of drug-likeness (QED) is 0.671. The SMILES string of the molecule is COc1ccc(CNC(=O)C(=O)c2c(C)nn(C)c2C)cc1. The van der Waals surface area contributed by atoms with Gasteiger partial charge in [0.1, 0.15) is 5.75 Å². The molecule has 0 radical (unpaired) electrons. The highest BCUT2D eigenvalue weighted by Crippen LogP contribution is 2.13. The van der Waals surface area contributed by atoms with E-state index < -0.39 is 11.7 Å². The monoisotopic (exact) mass is 301 g/mol. The molecule has 2 aromatic rings. The summed E-state index contributed by atoms with van der Waals surface area (Å²) >= 11 is 0. The average molecular weight is 301 g/mol. The Morgan fingerprint density at radius 2 is 1.86 bits per heavy atom. The van der Waals surface area contributed by atoms with Crippen LogP contribution in [0.2, 0.25) is 0 Å². The number of amides is 1. The molecule has 0 saturated heterocycles. The number of hydrogen-bond acceptors (Lipinski definition) is 4. The minimum atomic E-state index is -0.630. The van der Waals surface area contributed by atoms with Crippen LogP contribution in [0.25, 0.3) is 0 Å². The first-order valence-electron chi connectivity index (χ1n) is 6.89. The number of nitrogens with one attached hydrogen (secondary N) is 1. The van der Waals surface area contributed by atoms with Gasteiger partial charge >= 0.3 is 0 Å².